The molecule has 0 saturated heterocycles. The maximum Gasteiger partial charge on any atom is 0.224 e. The van der Waals surface area contributed by atoms with E-state index in [0.29, 0.717) is 6.42 Å². The van der Waals surface area contributed by atoms with E-state index in [1.165, 1.54) is 0 Å². The summed E-state index contributed by atoms with van der Waals surface area (Å²) in [7, 11) is 0. The molecule has 1 amide bonds. The fourth-order valence-electron chi connectivity index (χ4n) is 3.34. The zero-order chi connectivity index (χ0) is 17.2. The Labute approximate surface area is 146 Å². The second kappa shape index (κ2) is 6.55. The molecule has 128 valence electrons. The molecule has 1 N–H and O–H groups in total. The quantitative estimate of drug-likeness (QED) is 0.794. The van der Waals surface area contributed by atoms with E-state index < -0.39 is 0 Å². The third-order valence-corrected chi connectivity index (χ3v) is 4.50. The lowest BCUT2D eigenvalue weighted by Gasteiger charge is -2.24. The van der Waals surface area contributed by atoms with Gasteiger partial charge < -0.3 is 9.88 Å². The van der Waals surface area contributed by atoms with E-state index in [1.54, 1.807) is 10.9 Å². The number of fused-ring (bicyclic) bond motifs is 1. The van der Waals surface area contributed by atoms with Gasteiger partial charge >= 0.3 is 0 Å². The smallest absolute Gasteiger partial charge is 0.224 e. The Morgan fingerprint density at radius 3 is 2.96 bits per heavy atom. The number of hydrogen-bond donors (Lipinski definition) is 1. The molecule has 3 aromatic rings. The molecule has 0 saturated carbocycles. The SMILES string of the molecule is Cc1cn2c(n1)CC[C@H](NC(=O)Cc1cnn(-c3ccccc3)c1)C2. The summed E-state index contributed by atoms with van der Waals surface area (Å²) < 4.78 is 3.95. The number of nitrogens with zero attached hydrogens (tertiary/aromatic N) is 4. The van der Waals surface area contributed by atoms with Gasteiger partial charge in [0.15, 0.2) is 0 Å². The molecular weight excluding hydrogens is 314 g/mol. The first-order chi connectivity index (χ1) is 12.2. The Bertz CT molecular complexity index is 880. The third-order valence-electron chi connectivity index (χ3n) is 4.50. The number of nitrogens with one attached hydrogen (secondary N) is 1. The van der Waals surface area contributed by atoms with Crippen LogP contribution in [-0.2, 0) is 24.2 Å². The first-order valence-corrected chi connectivity index (χ1v) is 8.58. The van der Waals surface area contributed by atoms with Crippen molar-refractivity contribution in [2.75, 3.05) is 0 Å². The van der Waals surface area contributed by atoms with Gasteiger partial charge in [-0.15, -0.1) is 0 Å². The Morgan fingerprint density at radius 1 is 1.28 bits per heavy atom. The molecule has 1 aliphatic rings. The zero-order valence-corrected chi connectivity index (χ0v) is 14.2. The zero-order valence-electron chi connectivity index (χ0n) is 14.2. The number of carbonyl (C=O) groups is 1. The molecule has 2 aromatic heterocycles. The largest absolute Gasteiger partial charge is 0.351 e. The lowest BCUT2D eigenvalue weighted by molar-refractivity contribution is -0.121. The first-order valence-electron chi connectivity index (χ1n) is 8.58. The maximum atomic E-state index is 12.4. The first kappa shape index (κ1) is 15.6. The van der Waals surface area contributed by atoms with Crippen LogP contribution in [0.3, 0.4) is 0 Å². The van der Waals surface area contributed by atoms with Crippen molar-refractivity contribution >= 4 is 5.91 Å². The summed E-state index contributed by atoms with van der Waals surface area (Å²) >= 11 is 0. The summed E-state index contributed by atoms with van der Waals surface area (Å²) in [5, 5.41) is 7.49. The number of amides is 1. The van der Waals surface area contributed by atoms with Gasteiger partial charge in [0.1, 0.15) is 5.82 Å². The molecule has 4 rings (SSSR count). The maximum absolute atomic E-state index is 12.4. The summed E-state index contributed by atoms with van der Waals surface area (Å²) in [6.45, 7) is 2.80. The number of rotatable bonds is 4. The molecule has 3 heterocycles. The molecular formula is C19H21N5O. The Kier molecular flexibility index (Phi) is 4.09. The highest BCUT2D eigenvalue weighted by atomic mass is 16.1. The van der Waals surface area contributed by atoms with Gasteiger partial charge in [0.05, 0.1) is 24.0 Å². The van der Waals surface area contributed by atoms with Crippen LogP contribution in [0.5, 0.6) is 0 Å². The van der Waals surface area contributed by atoms with Crippen LogP contribution >= 0.6 is 0 Å². The van der Waals surface area contributed by atoms with Gasteiger partial charge in [-0.05, 0) is 31.0 Å². The fraction of sp³-hybridized carbons (Fsp3) is 0.316. The van der Waals surface area contributed by atoms with Crippen molar-refractivity contribution in [3.05, 3.63) is 66.0 Å². The van der Waals surface area contributed by atoms with Crippen molar-refractivity contribution in [2.24, 2.45) is 0 Å². The second-order valence-electron chi connectivity index (χ2n) is 6.56. The van der Waals surface area contributed by atoms with Gasteiger partial charge in [0, 0.05) is 31.4 Å². The van der Waals surface area contributed by atoms with Crippen molar-refractivity contribution in [1.82, 2.24) is 24.6 Å². The molecule has 0 spiro atoms. The lowest BCUT2D eigenvalue weighted by Crippen LogP contribution is -2.41. The standard InChI is InChI=1S/C19H21N5O/c1-14-11-23-13-16(7-8-18(23)21-14)22-19(25)9-15-10-20-24(12-15)17-5-3-2-4-6-17/h2-6,10-12,16H,7-9,13H2,1H3,(H,22,25)/t16-/m0/s1. The minimum Gasteiger partial charge on any atom is -0.351 e. The number of benzene rings is 1. The van der Waals surface area contributed by atoms with Crippen LogP contribution in [0.25, 0.3) is 5.69 Å². The number of aryl methyl sites for hydroxylation is 2. The van der Waals surface area contributed by atoms with Crippen LogP contribution in [0, 0.1) is 6.92 Å². The summed E-state index contributed by atoms with van der Waals surface area (Å²) in [4.78, 5) is 16.9. The van der Waals surface area contributed by atoms with Crippen molar-refractivity contribution in [3.8, 4) is 5.69 Å². The average Bonchev–Trinajstić information content (AvgIpc) is 3.21. The number of hydrogen-bond acceptors (Lipinski definition) is 3. The minimum atomic E-state index is 0.0397. The second-order valence-corrected chi connectivity index (χ2v) is 6.56. The van der Waals surface area contributed by atoms with Crippen LogP contribution in [0.2, 0.25) is 0 Å². The number of imidazole rings is 1. The van der Waals surface area contributed by atoms with Crippen LogP contribution in [0.15, 0.2) is 48.9 Å². The lowest BCUT2D eigenvalue weighted by atomic mass is 10.1. The normalized spacial score (nSPS) is 16.4. The van der Waals surface area contributed by atoms with Crippen LogP contribution in [-0.4, -0.2) is 31.3 Å². The van der Waals surface area contributed by atoms with E-state index in [-0.39, 0.29) is 11.9 Å². The van der Waals surface area contributed by atoms with Crippen LogP contribution < -0.4 is 5.32 Å². The van der Waals surface area contributed by atoms with E-state index in [4.69, 9.17) is 0 Å². The highest BCUT2D eigenvalue weighted by Gasteiger charge is 2.21. The molecule has 1 aromatic carbocycles. The molecule has 1 aliphatic heterocycles. The molecule has 0 unspecified atom stereocenters. The van der Waals surface area contributed by atoms with Gasteiger partial charge in [-0.3, -0.25) is 4.79 Å². The third kappa shape index (κ3) is 3.47. The monoisotopic (exact) mass is 335 g/mol. The van der Waals surface area contributed by atoms with Crippen LogP contribution in [0.1, 0.15) is 23.5 Å². The number of para-hydroxylation sites is 1. The Morgan fingerprint density at radius 2 is 2.12 bits per heavy atom. The minimum absolute atomic E-state index is 0.0397. The predicted octanol–water partition coefficient (Wildman–Crippen LogP) is 2.05. The van der Waals surface area contributed by atoms with E-state index in [1.807, 2.05) is 43.5 Å². The molecule has 1 atom stereocenters. The van der Waals surface area contributed by atoms with Crippen molar-refractivity contribution in [1.29, 1.82) is 0 Å². The molecule has 0 fully saturated rings. The van der Waals surface area contributed by atoms with Gasteiger partial charge in [-0.2, -0.15) is 5.10 Å². The number of aromatic nitrogens is 4. The summed E-state index contributed by atoms with van der Waals surface area (Å²) in [6.07, 6.45) is 7.91. The predicted molar refractivity (Wildman–Crippen MR) is 94.5 cm³/mol. The Hall–Kier alpha value is -2.89. The number of carbonyl (C=O) groups excluding carboxylic acids is 1. The summed E-state index contributed by atoms with van der Waals surface area (Å²) in [5.41, 5.74) is 2.94. The summed E-state index contributed by atoms with van der Waals surface area (Å²) in [6, 6.07) is 10.1. The van der Waals surface area contributed by atoms with Gasteiger partial charge in [-0.25, -0.2) is 9.67 Å². The van der Waals surface area contributed by atoms with Crippen molar-refractivity contribution in [2.45, 2.75) is 38.8 Å². The average molecular weight is 335 g/mol. The molecule has 25 heavy (non-hydrogen) atoms. The van der Waals surface area contributed by atoms with Gasteiger partial charge in [0.2, 0.25) is 5.91 Å². The van der Waals surface area contributed by atoms with Gasteiger partial charge in [-0.1, -0.05) is 18.2 Å². The van der Waals surface area contributed by atoms with Crippen molar-refractivity contribution < 1.29 is 4.79 Å². The summed E-state index contributed by atoms with van der Waals surface area (Å²) in [5.74, 6) is 1.16. The fourth-order valence-corrected chi connectivity index (χ4v) is 3.34. The van der Waals surface area contributed by atoms with Crippen LogP contribution in [0.4, 0.5) is 0 Å². The van der Waals surface area contributed by atoms with Crippen molar-refractivity contribution in [3.63, 3.8) is 0 Å². The molecule has 6 nitrogen and oxygen atoms in total. The topological polar surface area (TPSA) is 64.7 Å². The molecule has 0 bridgehead atoms. The molecule has 0 radical (unpaired) electrons. The molecule has 0 aliphatic carbocycles. The highest BCUT2D eigenvalue weighted by molar-refractivity contribution is 5.78. The molecule has 6 heteroatoms. The van der Waals surface area contributed by atoms with E-state index >= 15 is 0 Å². The van der Waals surface area contributed by atoms with E-state index in [2.05, 4.69) is 26.2 Å². The van der Waals surface area contributed by atoms with E-state index in [9.17, 15) is 4.79 Å². The highest BCUT2D eigenvalue weighted by Crippen LogP contribution is 2.15. The van der Waals surface area contributed by atoms with Gasteiger partial charge in [0.25, 0.3) is 0 Å². The van der Waals surface area contributed by atoms with E-state index in [0.717, 1.165) is 42.2 Å². The Balaban J connectivity index is 1.36.